The predicted molar refractivity (Wildman–Crippen MR) is 126 cm³/mol. The van der Waals surface area contributed by atoms with Crippen LogP contribution >= 0.6 is 11.8 Å². The van der Waals surface area contributed by atoms with E-state index < -0.39 is 42.7 Å². The summed E-state index contributed by atoms with van der Waals surface area (Å²) in [4.78, 5) is 24.3. The van der Waals surface area contributed by atoms with Crippen molar-refractivity contribution in [2.75, 3.05) is 56.8 Å². The van der Waals surface area contributed by atoms with Crippen LogP contribution in [0.5, 0.6) is 0 Å². The minimum absolute atomic E-state index is 0.0856. The molecule has 0 fully saturated rings. The van der Waals surface area contributed by atoms with Gasteiger partial charge in [0.15, 0.2) is 0 Å². The summed E-state index contributed by atoms with van der Waals surface area (Å²) >= 11 is 1.17. The van der Waals surface area contributed by atoms with Crippen molar-refractivity contribution in [3.8, 4) is 0 Å². The molecule has 1 unspecified atom stereocenters. The van der Waals surface area contributed by atoms with Crippen LogP contribution in [0, 0.1) is 5.41 Å². The zero-order chi connectivity index (χ0) is 25.4. The summed E-state index contributed by atoms with van der Waals surface area (Å²) in [6, 6.07) is 0.581. The molecule has 0 rings (SSSR count). The molecule has 33 heavy (non-hydrogen) atoms. The maximum atomic E-state index is 12.2. The Morgan fingerprint density at radius 3 is 2.15 bits per heavy atom. The number of esters is 1. The predicted octanol–water partition coefficient (Wildman–Crippen LogP) is 0.751. The SMILES string of the molecule is CCO[Si](CCCNC(=O)CSCC(C)(CO)C(=O)OCCCS(=O)(=O)[O-])(OCC)OCC. The average molecular weight is 533 g/mol. The van der Waals surface area contributed by atoms with Crippen LogP contribution in [0.4, 0.5) is 0 Å². The van der Waals surface area contributed by atoms with E-state index in [9.17, 15) is 27.7 Å². The fraction of sp³-hybridized carbons (Fsp3) is 0.895. The van der Waals surface area contributed by atoms with E-state index in [-0.39, 0.29) is 30.4 Å². The van der Waals surface area contributed by atoms with Gasteiger partial charge in [-0.1, -0.05) is 0 Å². The fourth-order valence-corrected chi connectivity index (χ4v) is 6.83. The molecule has 0 aromatic heterocycles. The second kappa shape index (κ2) is 16.8. The van der Waals surface area contributed by atoms with E-state index in [0.29, 0.717) is 38.8 Å². The number of amides is 1. The van der Waals surface area contributed by atoms with Gasteiger partial charge in [0.25, 0.3) is 0 Å². The number of rotatable bonds is 20. The van der Waals surface area contributed by atoms with Crippen molar-refractivity contribution in [3.63, 3.8) is 0 Å². The van der Waals surface area contributed by atoms with E-state index in [4.69, 9.17) is 18.0 Å². The largest absolute Gasteiger partial charge is 0.748 e. The van der Waals surface area contributed by atoms with E-state index in [1.807, 2.05) is 20.8 Å². The van der Waals surface area contributed by atoms with Crippen LogP contribution in [-0.4, -0.2) is 95.6 Å². The molecule has 0 bridgehead atoms. The van der Waals surface area contributed by atoms with Crippen LogP contribution in [0.15, 0.2) is 0 Å². The van der Waals surface area contributed by atoms with Gasteiger partial charge in [-0.3, -0.25) is 9.59 Å². The molecule has 0 aliphatic heterocycles. The lowest BCUT2D eigenvalue weighted by molar-refractivity contribution is -0.155. The van der Waals surface area contributed by atoms with Crippen molar-refractivity contribution in [2.24, 2.45) is 5.41 Å². The number of carbonyl (C=O) groups is 2. The summed E-state index contributed by atoms with van der Waals surface area (Å²) in [5, 5.41) is 12.4. The van der Waals surface area contributed by atoms with Gasteiger partial charge in [-0.25, -0.2) is 8.42 Å². The second-order valence-corrected chi connectivity index (χ2v) is 12.6. The minimum Gasteiger partial charge on any atom is -0.748 e. The Morgan fingerprint density at radius 2 is 1.67 bits per heavy atom. The third-order valence-electron chi connectivity index (χ3n) is 4.34. The minimum atomic E-state index is -4.37. The number of thioether (sulfide) groups is 1. The molecule has 0 aromatic carbocycles. The zero-order valence-electron chi connectivity index (χ0n) is 19.9. The quantitative estimate of drug-likeness (QED) is 0.0985. The molecular weight excluding hydrogens is 494 g/mol. The number of carbonyl (C=O) groups excluding carboxylic acids is 2. The monoisotopic (exact) mass is 532 g/mol. The van der Waals surface area contributed by atoms with Crippen LogP contribution in [0.2, 0.25) is 6.04 Å². The fourth-order valence-electron chi connectivity index (χ4n) is 2.70. The van der Waals surface area contributed by atoms with E-state index in [0.717, 1.165) is 0 Å². The van der Waals surface area contributed by atoms with Gasteiger partial charge in [-0.2, -0.15) is 11.8 Å². The Hall–Kier alpha value is -0.743. The maximum Gasteiger partial charge on any atom is 0.500 e. The Kier molecular flexibility index (Phi) is 16.4. The van der Waals surface area contributed by atoms with Crippen LogP contribution in [-0.2, 0) is 37.7 Å². The summed E-state index contributed by atoms with van der Waals surface area (Å²) in [5.41, 5.74) is -1.25. The number of aliphatic hydroxyl groups excluding tert-OH is 1. The van der Waals surface area contributed by atoms with E-state index in [2.05, 4.69) is 5.32 Å². The van der Waals surface area contributed by atoms with Gasteiger partial charge in [-0.05, 0) is 40.5 Å². The number of hydrogen-bond donors (Lipinski definition) is 2. The highest BCUT2D eigenvalue weighted by Gasteiger charge is 2.39. The average Bonchev–Trinajstić information content (AvgIpc) is 2.74. The lowest BCUT2D eigenvalue weighted by Crippen LogP contribution is -2.46. The van der Waals surface area contributed by atoms with Crippen molar-refractivity contribution < 1.29 is 45.7 Å². The molecule has 0 saturated heterocycles. The van der Waals surface area contributed by atoms with E-state index >= 15 is 0 Å². The van der Waals surface area contributed by atoms with Crippen molar-refractivity contribution in [2.45, 2.75) is 46.6 Å². The lowest BCUT2D eigenvalue weighted by Gasteiger charge is -2.28. The van der Waals surface area contributed by atoms with Crippen molar-refractivity contribution in [1.29, 1.82) is 0 Å². The standard InChI is InChI=1S/C19H39NO10S2Si/c1-5-28-33(29-6-2,30-7-3)13-8-10-20-17(22)14-31-16-19(4,15-21)18(23)27-11-9-12-32(24,25)26/h21H,5-16H2,1-4H3,(H,20,22)(H,24,25,26)/p-1. The first kappa shape index (κ1) is 32.3. The van der Waals surface area contributed by atoms with Crippen LogP contribution in [0.1, 0.15) is 40.5 Å². The Labute approximate surface area is 202 Å². The molecule has 11 nitrogen and oxygen atoms in total. The summed E-state index contributed by atoms with van der Waals surface area (Å²) in [6.45, 7) is 8.27. The van der Waals surface area contributed by atoms with Gasteiger partial charge < -0.3 is 33.0 Å². The molecule has 196 valence electrons. The molecule has 1 atom stereocenters. The van der Waals surface area contributed by atoms with Crippen LogP contribution in [0.3, 0.4) is 0 Å². The third-order valence-corrected chi connectivity index (χ3v) is 9.59. The number of aliphatic hydroxyl groups is 1. The number of ether oxygens (including phenoxy) is 1. The van der Waals surface area contributed by atoms with E-state index in [1.165, 1.54) is 18.7 Å². The van der Waals surface area contributed by atoms with Crippen LogP contribution in [0.25, 0.3) is 0 Å². The third kappa shape index (κ3) is 14.3. The molecule has 0 spiro atoms. The van der Waals surface area contributed by atoms with Crippen molar-refractivity contribution >= 4 is 42.6 Å². The summed E-state index contributed by atoms with van der Waals surface area (Å²) in [7, 11) is -7.12. The molecule has 2 N–H and O–H groups in total. The summed E-state index contributed by atoms with van der Waals surface area (Å²) in [5.74, 6) is -1.35. The highest BCUT2D eigenvalue weighted by Crippen LogP contribution is 2.24. The molecular formula is C19H38NO10S2Si-. The van der Waals surface area contributed by atoms with Gasteiger partial charge in [0, 0.05) is 43.9 Å². The lowest BCUT2D eigenvalue weighted by atomic mass is 9.95. The molecule has 0 radical (unpaired) electrons. The first-order valence-corrected chi connectivity index (χ1v) is 15.6. The van der Waals surface area contributed by atoms with Gasteiger partial charge in [0.1, 0.15) is 0 Å². The Bertz CT molecular complexity index is 662. The second-order valence-electron chi connectivity index (χ2n) is 7.40. The smallest absolute Gasteiger partial charge is 0.500 e. The molecule has 0 heterocycles. The topological polar surface area (TPSA) is 161 Å². The van der Waals surface area contributed by atoms with Gasteiger partial charge >= 0.3 is 14.8 Å². The molecule has 0 aromatic rings. The summed E-state index contributed by atoms with van der Waals surface area (Å²) in [6.07, 6.45) is 0.511. The molecule has 14 heteroatoms. The van der Waals surface area contributed by atoms with Crippen molar-refractivity contribution in [1.82, 2.24) is 5.32 Å². The van der Waals surface area contributed by atoms with Gasteiger partial charge in [-0.15, -0.1) is 0 Å². The Morgan fingerprint density at radius 1 is 1.09 bits per heavy atom. The van der Waals surface area contributed by atoms with Gasteiger partial charge in [0.2, 0.25) is 5.91 Å². The van der Waals surface area contributed by atoms with Crippen molar-refractivity contribution in [3.05, 3.63) is 0 Å². The summed E-state index contributed by atoms with van der Waals surface area (Å²) < 4.78 is 54.0. The Balaban J connectivity index is 4.36. The highest BCUT2D eigenvalue weighted by molar-refractivity contribution is 8.00. The normalized spacial score (nSPS) is 14.0. The first-order chi connectivity index (χ1) is 15.5. The maximum absolute atomic E-state index is 12.2. The molecule has 0 aliphatic carbocycles. The number of nitrogens with one attached hydrogen (secondary N) is 1. The number of hydrogen-bond acceptors (Lipinski definition) is 11. The van der Waals surface area contributed by atoms with Crippen LogP contribution < -0.4 is 5.32 Å². The molecule has 0 aliphatic rings. The highest BCUT2D eigenvalue weighted by atomic mass is 32.2. The molecule has 1 amide bonds. The zero-order valence-corrected chi connectivity index (χ0v) is 22.6. The van der Waals surface area contributed by atoms with Gasteiger partial charge in [0.05, 0.1) is 34.5 Å². The van der Waals surface area contributed by atoms with E-state index in [1.54, 1.807) is 0 Å². The molecule has 0 saturated carbocycles. The first-order valence-electron chi connectivity index (χ1n) is 11.0.